The van der Waals surface area contributed by atoms with E-state index in [2.05, 4.69) is 0 Å². The van der Waals surface area contributed by atoms with Crippen molar-refractivity contribution >= 4 is 23.5 Å². The molecule has 1 N–H and O–H groups in total. The zero-order chi connectivity index (χ0) is 11.1. The molecule has 1 atom stereocenters. The summed E-state index contributed by atoms with van der Waals surface area (Å²) in [6.07, 6.45) is 0. The number of aliphatic hydroxyl groups is 1. The van der Waals surface area contributed by atoms with Crippen molar-refractivity contribution in [1.82, 2.24) is 0 Å². The Morgan fingerprint density at radius 2 is 1.93 bits per heavy atom. The standard InChI is InChI=1S/C11H15FOS2/c1-9(8-13)14-6-7-15-11-4-2-10(12)3-5-11/h2-5,9,13H,6-8H2,1H3. The van der Waals surface area contributed by atoms with E-state index in [1.54, 1.807) is 35.7 Å². The van der Waals surface area contributed by atoms with Gasteiger partial charge in [-0.3, -0.25) is 0 Å². The van der Waals surface area contributed by atoms with Gasteiger partial charge in [-0.1, -0.05) is 6.92 Å². The van der Waals surface area contributed by atoms with Crippen LogP contribution >= 0.6 is 23.5 Å². The monoisotopic (exact) mass is 246 g/mol. The third-order valence-electron chi connectivity index (χ3n) is 1.83. The van der Waals surface area contributed by atoms with Crippen LogP contribution in [0, 0.1) is 5.82 Å². The number of rotatable bonds is 6. The van der Waals surface area contributed by atoms with Gasteiger partial charge in [-0.15, -0.1) is 11.8 Å². The Bertz CT molecular complexity index is 276. The van der Waals surface area contributed by atoms with Gasteiger partial charge in [0.15, 0.2) is 0 Å². The second-order valence-corrected chi connectivity index (χ2v) is 5.88. The number of aliphatic hydroxyl groups excluding tert-OH is 1. The summed E-state index contributed by atoms with van der Waals surface area (Å²) < 4.78 is 12.6. The highest BCUT2D eigenvalue weighted by atomic mass is 32.2. The van der Waals surface area contributed by atoms with Crippen LogP contribution in [0.15, 0.2) is 29.2 Å². The lowest BCUT2D eigenvalue weighted by Crippen LogP contribution is -2.03. The van der Waals surface area contributed by atoms with Crippen LogP contribution in [0.25, 0.3) is 0 Å². The number of thioether (sulfide) groups is 2. The van der Waals surface area contributed by atoms with Crippen LogP contribution in [-0.2, 0) is 0 Å². The molecule has 0 aliphatic carbocycles. The van der Waals surface area contributed by atoms with E-state index in [1.165, 1.54) is 12.1 Å². The molecule has 4 heteroatoms. The summed E-state index contributed by atoms with van der Waals surface area (Å²) in [7, 11) is 0. The highest BCUT2D eigenvalue weighted by molar-refractivity contribution is 8.03. The lowest BCUT2D eigenvalue weighted by atomic mass is 10.4. The molecule has 0 aliphatic rings. The molecule has 0 radical (unpaired) electrons. The number of halogens is 1. The van der Waals surface area contributed by atoms with Crippen LogP contribution in [0.4, 0.5) is 4.39 Å². The Morgan fingerprint density at radius 3 is 2.53 bits per heavy atom. The number of benzene rings is 1. The maximum Gasteiger partial charge on any atom is 0.123 e. The Balaban J connectivity index is 2.17. The first kappa shape index (κ1) is 12.9. The predicted molar refractivity (Wildman–Crippen MR) is 66.1 cm³/mol. The van der Waals surface area contributed by atoms with Gasteiger partial charge in [-0.05, 0) is 24.3 Å². The molecule has 0 fully saturated rings. The fourth-order valence-electron chi connectivity index (χ4n) is 0.992. The van der Waals surface area contributed by atoms with Crippen molar-refractivity contribution in [3.8, 4) is 0 Å². The molecular formula is C11H15FOS2. The zero-order valence-corrected chi connectivity index (χ0v) is 10.3. The molecule has 0 aliphatic heterocycles. The van der Waals surface area contributed by atoms with E-state index in [0.29, 0.717) is 5.25 Å². The van der Waals surface area contributed by atoms with Crippen molar-refractivity contribution in [2.24, 2.45) is 0 Å². The van der Waals surface area contributed by atoms with Gasteiger partial charge >= 0.3 is 0 Å². The van der Waals surface area contributed by atoms with E-state index < -0.39 is 0 Å². The van der Waals surface area contributed by atoms with Gasteiger partial charge < -0.3 is 5.11 Å². The minimum absolute atomic E-state index is 0.192. The lowest BCUT2D eigenvalue weighted by Gasteiger charge is -2.06. The summed E-state index contributed by atoms with van der Waals surface area (Å²) in [6.45, 7) is 2.24. The van der Waals surface area contributed by atoms with Crippen molar-refractivity contribution in [2.45, 2.75) is 17.1 Å². The maximum atomic E-state index is 12.6. The topological polar surface area (TPSA) is 20.2 Å². The first-order chi connectivity index (χ1) is 7.22. The largest absolute Gasteiger partial charge is 0.395 e. The average Bonchev–Trinajstić information content (AvgIpc) is 2.26. The third kappa shape index (κ3) is 5.44. The van der Waals surface area contributed by atoms with E-state index >= 15 is 0 Å². The first-order valence-electron chi connectivity index (χ1n) is 4.83. The Hall–Kier alpha value is -0.190. The molecule has 0 heterocycles. The van der Waals surface area contributed by atoms with Crippen LogP contribution in [0.2, 0.25) is 0 Å². The molecule has 1 unspecified atom stereocenters. The van der Waals surface area contributed by atoms with Crippen molar-refractivity contribution in [3.63, 3.8) is 0 Å². The fraction of sp³-hybridized carbons (Fsp3) is 0.455. The molecule has 0 amide bonds. The molecule has 0 saturated carbocycles. The smallest absolute Gasteiger partial charge is 0.123 e. The van der Waals surface area contributed by atoms with E-state index in [0.717, 1.165) is 16.4 Å². The minimum atomic E-state index is -0.192. The number of hydrogen-bond acceptors (Lipinski definition) is 3. The number of hydrogen-bond donors (Lipinski definition) is 1. The van der Waals surface area contributed by atoms with E-state index in [4.69, 9.17) is 5.11 Å². The average molecular weight is 246 g/mol. The molecule has 1 nitrogen and oxygen atoms in total. The molecule has 0 aromatic heterocycles. The summed E-state index contributed by atoms with van der Waals surface area (Å²) in [4.78, 5) is 1.09. The van der Waals surface area contributed by atoms with Gasteiger partial charge in [0, 0.05) is 21.7 Å². The fourth-order valence-corrected chi connectivity index (χ4v) is 2.78. The highest BCUT2D eigenvalue weighted by Gasteiger charge is 2.00. The van der Waals surface area contributed by atoms with E-state index in [9.17, 15) is 4.39 Å². The molecule has 0 saturated heterocycles. The van der Waals surface area contributed by atoms with Gasteiger partial charge in [-0.2, -0.15) is 11.8 Å². The van der Waals surface area contributed by atoms with E-state index in [-0.39, 0.29) is 12.4 Å². The van der Waals surface area contributed by atoms with Crippen LogP contribution in [0.1, 0.15) is 6.92 Å². The molecule has 1 aromatic rings. The second-order valence-electron chi connectivity index (χ2n) is 3.17. The highest BCUT2D eigenvalue weighted by Crippen LogP contribution is 2.20. The second kappa shape index (κ2) is 7.14. The van der Waals surface area contributed by atoms with Gasteiger partial charge in [0.1, 0.15) is 5.82 Å². The normalized spacial score (nSPS) is 12.7. The Morgan fingerprint density at radius 1 is 1.27 bits per heavy atom. The predicted octanol–water partition coefficient (Wildman–Crippen LogP) is 3.03. The zero-order valence-electron chi connectivity index (χ0n) is 8.65. The van der Waals surface area contributed by atoms with Crippen molar-refractivity contribution < 1.29 is 9.50 Å². The molecule has 1 aromatic carbocycles. The Labute approximate surface area is 98.5 Å². The van der Waals surface area contributed by atoms with Gasteiger partial charge in [0.25, 0.3) is 0 Å². The van der Waals surface area contributed by atoms with Gasteiger partial charge in [-0.25, -0.2) is 4.39 Å². The molecular weight excluding hydrogens is 231 g/mol. The summed E-state index contributed by atoms with van der Waals surface area (Å²) in [5, 5.41) is 9.12. The summed E-state index contributed by atoms with van der Waals surface area (Å²) in [6, 6.07) is 6.54. The first-order valence-corrected chi connectivity index (χ1v) is 6.86. The van der Waals surface area contributed by atoms with E-state index in [1.807, 2.05) is 6.92 Å². The molecule has 15 heavy (non-hydrogen) atoms. The SMILES string of the molecule is CC(CO)SCCSc1ccc(F)cc1. The maximum absolute atomic E-state index is 12.6. The Kier molecular flexibility index (Phi) is 6.13. The van der Waals surface area contributed by atoms with Crippen LogP contribution in [0.3, 0.4) is 0 Å². The molecule has 1 rings (SSSR count). The van der Waals surface area contributed by atoms with Crippen LogP contribution in [0.5, 0.6) is 0 Å². The van der Waals surface area contributed by atoms with Crippen molar-refractivity contribution in [3.05, 3.63) is 30.1 Å². The minimum Gasteiger partial charge on any atom is -0.395 e. The lowest BCUT2D eigenvalue weighted by molar-refractivity contribution is 0.300. The van der Waals surface area contributed by atoms with Crippen LogP contribution in [-0.4, -0.2) is 28.5 Å². The van der Waals surface area contributed by atoms with Gasteiger partial charge in [0.2, 0.25) is 0 Å². The molecule has 0 bridgehead atoms. The van der Waals surface area contributed by atoms with Gasteiger partial charge in [0.05, 0.1) is 6.61 Å². The summed E-state index contributed by atoms with van der Waals surface area (Å²) >= 11 is 3.47. The van der Waals surface area contributed by atoms with Crippen molar-refractivity contribution in [2.75, 3.05) is 18.1 Å². The summed E-state index contributed by atoms with van der Waals surface area (Å²) in [5.74, 6) is 1.80. The molecule has 84 valence electrons. The summed E-state index contributed by atoms with van der Waals surface area (Å²) in [5.41, 5.74) is 0. The van der Waals surface area contributed by atoms with Crippen LogP contribution < -0.4 is 0 Å². The van der Waals surface area contributed by atoms with Crippen molar-refractivity contribution in [1.29, 1.82) is 0 Å². The molecule has 0 spiro atoms. The third-order valence-corrected chi connectivity index (χ3v) is 4.26. The quantitative estimate of drug-likeness (QED) is 0.615.